The lowest BCUT2D eigenvalue weighted by atomic mass is 10.0. The smallest absolute Gasteiger partial charge is 0.409 e. The van der Waals surface area contributed by atoms with E-state index in [-0.39, 0.29) is 18.0 Å². The molecule has 10 heteroatoms. The number of rotatable bonds is 7. The maximum Gasteiger partial charge on any atom is 0.409 e. The first-order valence-electron chi connectivity index (χ1n) is 10.4. The van der Waals surface area contributed by atoms with Crippen molar-refractivity contribution in [1.82, 2.24) is 14.8 Å². The van der Waals surface area contributed by atoms with Crippen LogP contribution in [0.25, 0.3) is 5.00 Å². The number of nitrogens with two attached hydrogens (primary N) is 1. The Kier molecular flexibility index (Phi) is 7.02. The van der Waals surface area contributed by atoms with Gasteiger partial charge < -0.3 is 10.5 Å². The van der Waals surface area contributed by atoms with E-state index in [4.69, 9.17) is 33.7 Å². The lowest BCUT2D eigenvalue weighted by molar-refractivity contribution is 0.103. The number of nitrogens with zero attached hydrogens (tertiary/aromatic N) is 3. The molecule has 0 bridgehead atoms. The first-order chi connectivity index (χ1) is 16.3. The van der Waals surface area contributed by atoms with Gasteiger partial charge in [-0.1, -0.05) is 42.3 Å². The second-order valence-electron chi connectivity index (χ2n) is 7.44. The van der Waals surface area contributed by atoms with Gasteiger partial charge in [-0.2, -0.15) is 0 Å². The third-order valence-corrected chi connectivity index (χ3v) is 6.98. The average Bonchev–Trinajstić information content (AvgIpc) is 3.38. The average molecular weight is 515 g/mol. The summed E-state index contributed by atoms with van der Waals surface area (Å²) in [5.41, 5.74) is 6.75. The Balaban J connectivity index is 1.82. The molecule has 0 aliphatic heterocycles. The van der Waals surface area contributed by atoms with Crippen molar-refractivity contribution in [2.24, 2.45) is 5.73 Å². The second-order valence-corrected chi connectivity index (χ2v) is 9.40. The van der Waals surface area contributed by atoms with Gasteiger partial charge in [-0.05, 0) is 49.7 Å². The number of ether oxygens (including phenoxy) is 1. The zero-order chi connectivity index (χ0) is 24.4. The summed E-state index contributed by atoms with van der Waals surface area (Å²) < 4.78 is 6.97. The molecule has 4 aromatic rings. The molecule has 0 fully saturated rings. The highest BCUT2D eigenvalue weighted by molar-refractivity contribution is 7.15. The molecule has 2 aromatic carbocycles. The van der Waals surface area contributed by atoms with E-state index in [1.807, 2.05) is 24.5 Å². The zero-order valence-corrected chi connectivity index (χ0v) is 20.7. The summed E-state index contributed by atoms with van der Waals surface area (Å²) in [5, 5.41) is 10.1. The van der Waals surface area contributed by atoms with Gasteiger partial charge in [-0.3, -0.25) is 9.36 Å². The van der Waals surface area contributed by atoms with E-state index in [0.29, 0.717) is 43.4 Å². The normalized spacial score (nSPS) is 10.9. The van der Waals surface area contributed by atoms with Gasteiger partial charge in [-0.15, -0.1) is 21.5 Å². The van der Waals surface area contributed by atoms with E-state index in [2.05, 4.69) is 10.2 Å². The van der Waals surface area contributed by atoms with E-state index in [9.17, 15) is 9.59 Å². The molecule has 2 heterocycles. The zero-order valence-electron chi connectivity index (χ0n) is 18.3. The van der Waals surface area contributed by atoms with Gasteiger partial charge >= 0.3 is 6.09 Å². The molecule has 4 rings (SSSR count). The van der Waals surface area contributed by atoms with Crippen molar-refractivity contribution in [2.45, 2.75) is 26.7 Å². The molecule has 0 radical (unpaired) electrons. The quantitative estimate of drug-likeness (QED) is 0.314. The van der Waals surface area contributed by atoms with Gasteiger partial charge in [0.15, 0.2) is 5.78 Å². The second kappa shape index (κ2) is 9.97. The highest BCUT2D eigenvalue weighted by atomic mass is 35.5. The molecule has 2 aromatic heterocycles. The summed E-state index contributed by atoms with van der Waals surface area (Å²) in [6.45, 7) is 3.84. The fourth-order valence-corrected chi connectivity index (χ4v) is 5.15. The lowest BCUT2D eigenvalue weighted by Crippen LogP contribution is -2.17. The molecule has 0 aliphatic rings. The number of carbonyl (C=O) groups is 2. The summed E-state index contributed by atoms with van der Waals surface area (Å²) in [5.74, 6) is 1.24. The van der Waals surface area contributed by atoms with Gasteiger partial charge in [-0.25, -0.2) is 4.79 Å². The fourth-order valence-electron chi connectivity index (χ4n) is 3.57. The Hall–Kier alpha value is -3.20. The van der Waals surface area contributed by atoms with Crippen LogP contribution < -0.4 is 10.5 Å². The molecule has 0 saturated heterocycles. The van der Waals surface area contributed by atoms with Crippen LogP contribution in [0.4, 0.5) is 4.79 Å². The largest absolute Gasteiger partial charge is 0.410 e. The molecule has 34 heavy (non-hydrogen) atoms. The fraction of sp³-hybridized carbons (Fsp3) is 0.167. The highest BCUT2D eigenvalue weighted by Crippen LogP contribution is 2.33. The minimum absolute atomic E-state index is 0.184. The van der Waals surface area contributed by atoms with E-state index in [1.165, 1.54) is 11.3 Å². The Labute approximate surface area is 210 Å². The maximum atomic E-state index is 13.5. The lowest BCUT2D eigenvalue weighted by Gasteiger charge is -2.12. The molecule has 2 N–H and O–H groups in total. The molecule has 0 spiro atoms. The van der Waals surface area contributed by atoms with Crippen LogP contribution in [-0.2, 0) is 12.8 Å². The van der Waals surface area contributed by atoms with Crippen molar-refractivity contribution < 1.29 is 14.3 Å². The first-order valence-corrected chi connectivity index (χ1v) is 11.9. The molecular weight excluding hydrogens is 495 g/mol. The van der Waals surface area contributed by atoms with Gasteiger partial charge in [0.2, 0.25) is 0 Å². The standard InChI is InChI=1S/C24H20Cl2N4O3S/c1-3-16-12-18(22(31)17-6-4-5-7-19(17)26)23(34-16)30-13(2)28-29-21(30)11-14-10-15(25)8-9-20(14)33-24(27)32/h4-10,12H,3,11H2,1-2H3,(H2,27,32). The Morgan fingerprint density at radius 2 is 1.85 bits per heavy atom. The van der Waals surface area contributed by atoms with Crippen molar-refractivity contribution in [3.8, 4) is 10.8 Å². The predicted octanol–water partition coefficient (Wildman–Crippen LogP) is 5.79. The van der Waals surface area contributed by atoms with E-state index in [0.717, 1.165) is 11.3 Å². The number of thiophene rings is 1. The molecular formula is C24H20Cl2N4O3S. The maximum absolute atomic E-state index is 13.5. The van der Waals surface area contributed by atoms with Gasteiger partial charge in [0.25, 0.3) is 0 Å². The number of primary amides is 1. The van der Waals surface area contributed by atoms with Crippen LogP contribution in [0.15, 0.2) is 48.5 Å². The van der Waals surface area contributed by atoms with Crippen LogP contribution in [0.5, 0.6) is 5.75 Å². The number of hydrogen-bond donors (Lipinski definition) is 1. The predicted molar refractivity (Wildman–Crippen MR) is 133 cm³/mol. The number of carbonyl (C=O) groups excluding carboxylic acids is 2. The minimum Gasteiger partial charge on any atom is -0.410 e. The van der Waals surface area contributed by atoms with Crippen molar-refractivity contribution in [3.63, 3.8) is 0 Å². The van der Waals surface area contributed by atoms with Gasteiger partial charge in [0.05, 0.1) is 10.6 Å². The summed E-state index contributed by atoms with van der Waals surface area (Å²) >= 11 is 14.0. The number of halogens is 2. The summed E-state index contributed by atoms with van der Waals surface area (Å²) in [6, 6.07) is 13.7. The molecule has 0 saturated carbocycles. The molecule has 174 valence electrons. The summed E-state index contributed by atoms with van der Waals surface area (Å²) in [4.78, 5) is 25.9. The summed E-state index contributed by atoms with van der Waals surface area (Å²) in [6.07, 6.45) is 0.0671. The van der Waals surface area contributed by atoms with Crippen molar-refractivity contribution in [1.29, 1.82) is 0 Å². The van der Waals surface area contributed by atoms with Crippen LogP contribution in [0.3, 0.4) is 0 Å². The number of ketones is 1. The molecule has 0 aliphatic carbocycles. The number of benzene rings is 2. The Bertz CT molecular complexity index is 1400. The molecule has 0 unspecified atom stereocenters. The van der Waals surface area contributed by atoms with Crippen LogP contribution >= 0.6 is 34.5 Å². The minimum atomic E-state index is -0.931. The number of amides is 1. The molecule has 0 atom stereocenters. The SMILES string of the molecule is CCc1cc(C(=O)c2ccccc2Cl)c(-n2c(C)nnc2Cc2cc(Cl)ccc2OC(N)=O)s1. The van der Waals surface area contributed by atoms with E-state index >= 15 is 0 Å². The van der Waals surface area contributed by atoms with Gasteiger partial charge in [0, 0.05) is 27.4 Å². The van der Waals surface area contributed by atoms with E-state index in [1.54, 1.807) is 42.5 Å². The Morgan fingerprint density at radius 1 is 1.09 bits per heavy atom. The van der Waals surface area contributed by atoms with Crippen molar-refractivity contribution in [2.75, 3.05) is 0 Å². The molecule has 1 amide bonds. The van der Waals surface area contributed by atoms with Crippen molar-refractivity contribution >= 4 is 46.4 Å². The topological polar surface area (TPSA) is 100 Å². The highest BCUT2D eigenvalue weighted by Gasteiger charge is 2.24. The molecule has 7 nitrogen and oxygen atoms in total. The third kappa shape index (κ3) is 4.84. The number of hydrogen-bond acceptors (Lipinski definition) is 6. The third-order valence-electron chi connectivity index (χ3n) is 5.15. The van der Waals surface area contributed by atoms with E-state index < -0.39 is 6.09 Å². The van der Waals surface area contributed by atoms with Crippen LogP contribution in [-0.4, -0.2) is 26.6 Å². The first kappa shape index (κ1) is 23.9. The Morgan fingerprint density at radius 3 is 2.56 bits per heavy atom. The van der Waals surface area contributed by atoms with Crippen LogP contribution in [0.1, 0.15) is 44.9 Å². The van der Waals surface area contributed by atoms with Crippen LogP contribution in [0, 0.1) is 6.92 Å². The monoisotopic (exact) mass is 514 g/mol. The van der Waals surface area contributed by atoms with Gasteiger partial charge in [0.1, 0.15) is 22.4 Å². The van der Waals surface area contributed by atoms with Crippen molar-refractivity contribution in [3.05, 3.63) is 91.8 Å². The summed E-state index contributed by atoms with van der Waals surface area (Å²) in [7, 11) is 0. The number of aromatic nitrogens is 3. The number of aryl methyl sites for hydroxylation is 2. The van der Waals surface area contributed by atoms with Crippen LogP contribution in [0.2, 0.25) is 10.0 Å².